The Balaban J connectivity index is 2.71. The van der Waals surface area contributed by atoms with Crippen molar-refractivity contribution in [2.24, 2.45) is 0 Å². The van der Waals surface area contributed by atoms with Gasteiger partial charge < -0.3 is 9.42 Å². The Hall–Kier alpha value is -0.860. The van der Waals surface area contributed by atoms with Gasteiger partial charge in [0.05, 0.1) is 0 Å². The van der Waals surface area contributed by atoms with E-state index in [1.807, 2.05) is 0 Å². The highest BCUT2D eigenvalue weighted by Gasteiger charge is 1.96. The van der Waals surface area contributed by atoms with Crippen LogP contribution in [-0.4, -0.2) is 4.89 Å². The van der Waals surface area contributed by atoms with Gasteiger partial charge in [0.25, 0.3) is 0 Å². The van der Waals surface area contributed by atoms with Crippen molar-refractivity contribution in [1.29, 1.82) is 0 Å². The molecule has 0 aliphatic carbocycles. The molecule has 1 N–H and O–H groups in total. The summed E-state index contributed by atoms with van der Waals surface area (Å²) in [5, 5.41) is 0. The number of hydrogen-bond donors (Lipinski definition) is 1. The fourth-order valence-electron chi connectivity index (χ4n) is 0.747. The van der Waals surface area contributed by atoms with E-state index in [0.29, 0.717) is 5.56 Å². The molecule has 1 aromatic rings. The van der Waals surface area contributed by atoms with Gasteiger partial charge in [-0.15, -0.1) is 0 Å². The van der Waals surface area contributed by atoms with E-state index >= 15 is 0 Å². The fourth-order valence-corrected chi connectivity index (χ4v) is 1.09. The van der Waals surface area contributed by atoms with Gasteiger partial charge in [0, 0.05) is 0 Å². The van der Waals surface area contributed by atoms with Gasteiger partial charge in [-0.2, -0.15) is 0 Å². The second-order valence-electron chi connectivity index (χ2n) is 2.15. The van der Waals surface area contributed by atoms with Crippen LogP contribution < -0.4 is 4.52 Å². The Morgan fingerprint density at radius 2 is 2.00 bits per heavy atom. The molecule has 0 bridgehead atoms. The molecule has 0 amide bonds. The molecule has 1 rings (SSSR count). The normalized spacial score (nSPS) is 12.5. The van der Waals surface area contributed by atoms with Crippen molar-refractivity contribution in [3.63, 3.8) is 0 Å². The summed E-state index contributed by atoms with van der Waals surface area (Å²) < 4.78 is 26.7. The van der Waals surface area contributed by atoms with Gasteiger partial charge >= 0.3 is 8.25 Å². The number of halogens is 1. The Labute approximate surface area is 69.7 Å². The van der Waals surface area contributed by atoms with E-state index in [1.165, 1.54) is 24.3 Å². The van der Waals surface area contributed by atoms with Gasteiger partial charge in [0.1, 0.15) is 12.4 Å². The number of benzene rings is 1. The molecule has 0 aliphatic rings. The zero-order valence-corrected chi connectivity index (χ0v) is 7.16. The summed E-state index contributed by atoms with van der Waals surface area (Å²) >= 11 is 0. The molecule has 1 atom stereocenters. The molecule has 12 heavy (non-hydrogen) atoms. The van der Waals surface area contributed by atoms with Gasteiger partial charge in [-0.25, -0.2) is 8.96 Å². The lowest BCUT2D eigenvalue weighted by Gasteiger charge is -2.00. The molecule has 0 heterocycles. The minimum Gasteiger partial charge on any atom is -0.426 e. The van der Waals surface area contributed by atoms with Crippen LogP contribution in [0, 0.1) is 0 Å². The molecule has 0 aromatic heterocycles. The Bertz CT molecular complexity index is 272. The van der Waals surface area contributed by atoms with Crippen LogP contribution in [0.4, 0.5) is 4.39 Å². The Kier molecular flexibility index (Phi) is 3.26. The summed E-state index contributed by atoms with van der Waals surface area (Å²) in [5.41, 5.74) is 0.514. The first-order chi connectivity index (χ1) is 5.72. The van der Waals surface area contributed by atoms with Crippen molar-refractivity contribution in [2.75, 3.05) is 0 Å². The summed E-state index contributed by atoms with van der Waals surface area (Å²) in [5.74, 6) is 0.276. The smallest absolute Gasteiger partial charge is 0.365 e. The standard InChI is InChI=1S/C7H8FO3P/c8-5-6-1-3-7(4-2-6)11-12(9)10/h1-4,12H,5H2,(H,9,10). The molecule has 0 fully saturated rings. The first-order valence-electron chi connectivity index (χ1n) is 3.28. The molecule has 66 valence electrons. The van der Waals surface area contributed by atoms with Gasteiger partial charge in [-0.05, 0) is 17.7 Å². The van der Waals surface area contributed by atoms with E-state index in [-0.39, 0.29) is 5.75 Å². The summed E-state index contributed by atoms with van der Waals surface area (Å²) in [6, 6.07) is 5.90. The van der Waals surface area contributed by atoms with Crippen molar-refractivity contribution in [3.8, 4) is 5.75 Å². The van der Waals surface area contributed by atoms with Gasteiger partial charge in [-0.3, -0.25) is 0 Å². The van der Waals surface area contributed by atoms with Crippen molar-refractivity contribution >= 4 is 8.25 Å². The zero-order chi connectivity index (χ0) is 8.97. The molecular formula is C7H8FO3P. The van der Waals surface area contributed by atoms with E-state index in [0.717, 1.165) is 0 Å². The minimum absolute atomic E-state index is 0.276. The quantitative estimate of drug-likeness (QED) is 0.740. The van der Waals surface area contributed by atoms with E-state index in [4.69, 9.17) is 4.89 Å². The average Bonchev–Trinajstić information content (AvgIpc) is 2.05. The van der Waals surface area contributed by atoms with Crippen LogP contribution in [0.2, 0.25) is 0 Å². The predicted octanol–water partition coefficient (Wildman–Crippen LogP) is 1.92. The van der Waals surface area contributed by atoms with Crippen molar-refractivity contribution < 1.29 is 18.4 Å². The first-order valence-corrected chi connectivity index (χ1v) is 4.54. The lowest BCUT2D eigenvalue weighted by Crippen LogP contribution is -1.81. The maximum Gasteiger partial charge on any atom is 0.365 e. The summed E-state index contributed by atoms with van der Waals surface area (Å²) in [6.45, 7) is -0.547. The van der Waals surface area contributed by atoms with E-state index < -0.39 is 14.9 Å². The molecule has 3 nitrogen and oxygen atoms in total. The maximum atomic E-state index is 12.0. The summed E-state index contributed by atoms with van der Waals surface area (Å²) in [4.78, 5) is 8.38. The lowest BCUT2D eigenvalue weighted by atomic mass is 10.2. The van der Waals surface area contributed by atoms with E-state index in [1.54, 1.807) is 0 Å². The minimum atomic E-state index is -2.95. The lowest BCUT2D eigenvalue weighted by molar-refractivity contribution is 0.410. The van der Waals surface area contributed by atoms with Crippen LogP contribution >= 0.6 is 8.25 Å². The molecule has 0 saturated heterocycles. The monoisotopic (exact) mass is 190 g/mol. The second kappa shape index (κ2) is 4.24. The summed E-state index contributed by atoms with van der Waals surface area (Å²) in [7, 11) is -2.95. The third kappa shape index (κ3) is 2.64. The van der Waals surface area contributed by atoms with Gasteiger partial charge in [0.15, 0.2) is 0 Å². The summed E-state index contributed by atoms with van der Waals surface area (Å²) in [6.07, 6.45) is 0. The largest absolute Gasteiger partial charge is 0.426 e. The third-order valence-corrected chi connectivity index (χ3v) is 1.69. The molecule has 0 aliphatic heterocycles. The number of rotatable bonds is 3. The molecule has 1 aromatic carbocycles. The third-order valence-electron chi connectivity index (χ3n) is 1.28. The average molecular weight is 190 g/mol. The predicted molar refractivity (Wildman–Crippen MR) is 43.1 cm³/mol. The second-order valence-corrected chi connectivity index (χ2v) is 2.88. The highest BCUT2D eigenvalue weighted by atomic mass is 31.1. The van der Waals surface area contributed by atoms with Crippen molar-refractivity contribution in [2.45, 2.75) is 6.67 Å². The number of alkyl halides is 1. The maximum absolute atomic E-state index is 12.0. The van der Waals surface area contributed by atoms with Crippen LogP contribution in [0.5, 0.6) is 5.75 Å². The highest BCUT2D eigenvalue weighted by Crippen LogP contribution is 2.22. The topological polar surface area (TPSA) is 46.5 Å². The van der Waals surface area contributed by atoms with Crippen LogP contribution in [0.3, 0.4) is 0 Å². The van der Waals surface area contributed by atoms with Crippen LogP contribution in [0.25, 0.3) is 0 Å². The van der Waals surface area contributed by atoms with E-state index in [2.05, 4.69) is 4.52 Å². The zero-order valence-electron chi connectivity index (χ0n) is 6.16. The van der Waals surface area contributed by atoms with Gasteiger partial charge in [-0.1, -0.05) is 12.1 Å². The Morgan fingerprint density at radius 1 is 1.42 bits per heavy atom. The molecule has 0 spiro atoms. The molecule has 0 radical (unpaired) electrons. The molecule has 5 heteroatoms. The van der Waals surface area contributed by atoms with E-state index in [9.17, 15) is 8.96 Å². The number of hydrogen-bond acceptors (Lipinski definition) is 2. The Morgan fingerprint density at radius 3 is 2.42 bits per heavy atom. The molecule has 0 saturated carbocycles. The van der Waals surface area contributed by atoms with Crippen LogP contribution in [0.15, 0.2) is 24.3 Å². The SMILES string of the molecule is O=[PH](O)Oc1ccc(CF)cc1. The van der Waals surface area contributed by atoms with Crippen LogP contribution in [-0.2, 0) is 11.2 Å². The molecular weight excluding hydrogens is 182 g/mol. The van der Waals surface area contributed by atoms with Crippen molar-refractivity contribution in [1.82, 2.24) is 0 Å². The van der Waals surface area contributed by atoms with Crippen LogP contribution in [0.1, 0.15) is 5.56 Å². The van der Waals surface area contributed by atoms with Gasteiger partial charge in [0.2, 0.25) is 0 Å². The first kappa shape index (κ1) is 9.23. The molecule has 1 unspecified atom stereocenters. The van der Waals surface area contributed by atoms with Crippen molar-refractivity contribution in [3.05, 3.63) is 29.8 Å². The highest BCUT2D eigenvalue weighted by molar-refractivity contribution is 7.32. The fraction of sp³-hybridized carbons (Fsp3) is 0.143.